The van der Waals surface area contributed by atoms with Gasteiger partial charge in [-0.1, -0.05) is 24.3 Å². The summed E-state index contributed by atoms with van der Waals surface area (Å²) in [6.45, 7) is 4.40. The van der Waals surface area contributed by atoms with Gasteiger partial charge in [0.15, 0.2) is 5.78 Å². The zero-order valence-electron chi connectivity index (χ0n) is 9.45. The van der Waals surface area contributed by atoms with Crippen LogP contribution in [0, 0.1) is 0 Å². The number of carbonyl (C=O) groups is 1. The molecule has 0 spiro atoms. The molecule has 1 N–H and O–H groups in total. The third-order valence-electron chi connectivity index (χ3n) is 2.52. The summed E-state index contributed by atoms with van der Waals surface area (Å²) in [6, 6.07) is 7.82. The fourth-order valence-corrected chi connectivity index (χ4v) is 1.78. The van der Waals surface area contributed by atoms with Crippen LogP contribution in [0.4, 0.5) is 5.82 Å². The van der Waals surface area contributed by atoms with Gasteiger partial charge in [0.05, 0.1) is 0 Å². The lowest BCUT2D eigenvalue weighted by Gasteiger charge is -2.09. The van der Waals surface area contributed by atoms with Gasteiger partial charge in [0, 0.05) is 23.7 Å². The molecule has 2 rings (SSSR count). The molecule has 0 fully saturated rings. The maximum Gasteiger partial charge on any atom is 0.161 e. The van der Waals surface area contributed by atoms with Gasteiger partial charge in [0.25, 0.3) is 0 Å². The van der Waals surface area contributed by atoms with E-state index in [-0.39, 0.29) is 5.78 Å². The van der Waals surface area contributed by atoms with Crippen LogP contribution in [0.15, 0.2) is 30.5 Å². The van der Waals surface area contributed by atoms with E-state index in [1.165, 1.54) is 0 Å². The zero-order valence-corrected chi connectivity index (χ0v) is 9.45. The van der Waals surface area contributed by atoms with E-state index in [4.69, 9.17) is 0 Å². The number of pyridine rings is 1. The van der Waals surface area contributed by atoms with Crippen LogP contribution in [0.25, 0.3) is 10.8 Å². The third kappa shape index (κ3) is 1.76. The predicted molar refractivity (Wildman–Crippen MR) is 65.9 cm³/mol. The van der Waals surface area contributed by atoms with Crippen molar-refractivity contribution in [2.75, 3.05) is 11.9 Å². The van der Waals surface area contributed by atoms with Crippen LogP contribution in [0.5, 0.6) is 0 Å². The molecule has 3 nitrogen and oxygen atoms in total. The van der Waals surface area contributed by atoms with E-state index in [0.29, 0.717) is 5.56 Å². The largest absolute Gasteiger partial charge is 0.370 e. The van der Waals surface area contributed by atoms with Gasteiger partial charge in [0.1, 0.15) is 5.82 Å². The second-order valence-corrected chi connectivity index (χ2v) is 3.65. The Hall–Kier alpha value is -1.90. The van der Waals surface area contributed by atoms with Crippen molar-refractivity contribution in [2.24, 2.45) is 0 Å². The first-order valence-corrected chi connectivity index (χ1v) is 5.36. The molecule has 1 aromatic heterocycles. The van der Waals surface area contributed by atoms with Gasteiger partial charge in [-0.15, -0.1) is 0 Å². The van der Waals surface area contributed by atoms with Gasteiger partial charge in [-0.3, -0.25) is 4.79 Å². The minimum atomic E-state index is 0.0479. The van der Waals surface area contributed by atoms with E-state index in [0.717, 1.165) is 23.1 Å². The Bertz CT molecular complexity index is 534. The normalized spacial score (nSPS) is 10.4. The van der Waals surface area contributed by atoms with Crippen molar-refractivity contribution in [3.05, 3.63) is 36.0 Å². The van der Waals surface area contributed by atoms with Crippen LogP contribution in [0.1, 0.15) is 24.2 Å². The molecule has 0 aliphatic heterocycles. The van der Waals surface area contributed by atoms with Crippen molar-refractivity contribution in [2.45, 2.75) is 13.8 Å². The molecular weight excluding hydrogens is 200 g/mol. The van der Waals surface area contributed by atoms with Crippen LogP contribution < -0.4 is 5.32 Å². The lowest BCUT2D eigenvalue weighted by Crippen LogP contribution is -2.03. The van der Waals surface area contributed by atoms with Gasteiger partial charge >= 0.3 is 0 Å². The summed E-state index contributed by atoms with van der Waals surface area (Å²) < 4.78 is 0. The number of rotatable bonds is 3. The Morgan fingerprint density at radius 1 is 1.31 bits per heavy atom. The van der Waals surface area contributed by atoms with Crippen LogP contribution >= 0.6 is 0 Å². The standard InChI is InChI=1S/C13H14N2O/c1-3-14-13-11-7-5-4-6-10(11)12(8-15-13)9(2)16/h4-8H,3H2,1-2H3,(H,14,15). The molecule has 0 saturated heterocycles. The topological polar surface area (TPSA) is 42.0 Å². The summed E-state index contributed by atoms with van der Waals surface area (Å²) in [5.41, 5.74) is 0.678. The number of aromatic nitrogens is 1. The van der Waals surface area contributed by atoms with Crippen LogP contribution in [0.3, 0.4) is 0 Å². The quantitative estimate of drug-likeness (QED) is 0.799. The number of Topliss-reactive ketones (excluding diaryl/α,β-unsaturated/α-hetero) is 1. The van der Waals surface area contributed by atoms with Crippen LogP contribution in [0.2, 0.25) is 0 Å². The zero-order chi connectivity index (χ0) is 11.5. The summed E-state index contributed by atoms with van der Waals surface area (Å²) >= 11 is 0. The van der Waals surface area contributed by atoms with Crippen molar-refractivity contribution in [1.82, 2.24) is 4.98 Å². The average Bonchev–Trinajstić information content (AvgIpc) is 2.29. The molecule has 16 heavy (non-hydrogen) atoms. The minimum Gasteiger partial charge on any atom is -0.370 e. The Labute approximate surface area is 94.5 Å². The van der Waals surface area contributed by atoms with Crippen molar-refractivity contribution in [3.63, 3.8) is 0 Å². The van der Waals surface area contributed by atoms with Crippen molar-refractivity contribution in [1.29, 1.82) is 0 Å². The molecule has 0 radical (unpaired) electrons. The first-order valence-electron chi connectivity index (χ1n) is 5.36. The van der Waals surface area contributed by atoms with Crippen LogP contribution in [-0.4, -0.2) is 17.3 Å². The van der Waals surface area contributed by atoms with E-state index in [2.05, 4.69) is 10.3 Å². The number of benzene rings is 1. The molecule has 0 unspecified atom stereocenters. The van der Waals surface area contributed by atoms with Gasteiger partial charge < -0.3 is 5.32 Å². The van der Waals surface area contributed by atoms with Gasteiger partial charge in [0.2, 0.25) is 0 Å². The molecule has 0 amide bonds. The number of ketones is 1. The molecule has 3 heteroatoms. The number of anilines is 1. The number of carbonyl (C=O) groups excluding carboxylic acids is 1. The van der Waals surface area contributed by atoms with Crippen molar-refractivity contribution < 1.29 is 4.79 Å². The molecule has 0 saturated carbocycles. The van der Waals surface area contributed by atoms with Crippen LogP contribution in [-0.2, 0) is 0 Å². The Morgan fingerprint density at radius 3 is 2.62 bits per heavy atom. The molecule has 2 aromatic rings. The van der Waals surface area contributed by atoms with E-state index >= 15 is 0 Å². The Morgan fingerprint density at radius 2 is 2.00 bits per heavy atom. The first kappa shape index (κ1) is 10.6. The maximum atomic E-state index is 11.5. The molecule has 1 aromatic carbocycles. The van der Waals surface area contributed by atoms with E-state index in [1.54, 1.807) is 13.1 Å². The Balaban J connectivity index is 2.71. The molecule has 0 aliphatic rings. The lowest BCUT2D eigenvalue weighted by atomic mass is 10.0. The Kier molecular flexibility index (Phi) is 2.86. The van der Waals surface area contributed by atoms with Gasteiger partial charge in [-0.05, 0) is 19.2 Å². The highest BCUT2D eigenvalue weighted by molar-refractivity contribution is 6.09. The molecular formula is C13H14N2O. The highest BCUT2D eigenvalue weighted by atomic mass is 16.1. The fraction of sp³-hybridized carbons (Fsp3) is 0.231. The second kappa shape index (κ2) is 4.31. The highest BCUT2D eigenvalue weighted by Crippen LogP contribution is 2.24. The molecule has 0 atom stereocenters. The number of hydrogen-bond acceptors (Lipinski definition) is 3. The average molecular weight is 214 g/mol. The number of fused-ring (bicyclic) bond motifs is 1. The summed E-state index contributed by atoms with van der Waals surface area (Å²) in [7, 11) is 0. The number of nitrogens with one attached hydrogen (secondary N) is 1. The van der Waals surface area contributed by atoms with Gasteiger partial charge in [-0.25, -0.2) is 4.98 Å². The monoisotopic (exact) mass is 214 g/mol. The maximum absolute atomic E-state index is 11.5. The SMILES string of the molecule is CCNc1ncc(C(C)=O)c2ccccc12. The van der Waals surface area contributed by atoms with E-state index < -0.39 is 0 Å². The smallest absolute Gasteiger partial charge is 0.161 e. The molecule has 1 heterocycles. The molecule has 82 valence electrons. The lowest BCUT2D eigenvalue weighted by molar-refractivity contribution is 0.101. The molecule has 0 aliphatic carbocycles. The second-order valence-electron chi connectivity index (χ2n) is 3.65. The number of nitrogens with zero attached hydrogens (tertiary/aromatic N) is 1. The fourth-order valence-electron chi connectivity index (χ4n) is 1.78. The highest BCUT2D eigenvalue weighted by Gasteiger charge is 2.09. The van der Waals surface area contributed by atoms with E-state index in [1.807, 2.05) is 31.2 Å². The summed E-state index contributed by atoms with van der Waals surface area (Å²) in [4.78, 5) is 15.8. The molecule has 0 bridgehead atoms. The summed E-state index contributed by atoms with van der Waals surface area (Å²) in [5.74, 6) is 0.884. The van der Waals surface area contributed by atoms with Crippen molar-refractivity contribution in [3.8, 4) is 0 Å². The minimum absolute atomic E-state index is 0.0479. The summed E-state index contributed by atoms with van der Waals surface area (Å²) in [6.07, 6.45) is 1.64. The first-order chi connectivity index (χ1) is 7.74. The predicted octanol–water partition coefficient (Wildman–Crippen LogP) is 2.87. The number of hydrogen-bond donors (Lipinski definition) is 1. The third-order valence-corrected chi connectivity index (χ3v) is 2.52. The summed E-state index contributed by atoms with van der Waals surface area (Å²) in [5, 5.41) is 5.15. The van der Waals surface area contributed by atoms with Gasteiger partial charge in [-0.2, -0.15) is 0 Å². The van der Waals surface area contributed by atoms with Crippen molar-refractivity contribution >= 4 is 22.4 Å². The van der Waals surface area contributed by atoms with E-state index in [9.17, 15) is 4.79 Å².